The highest BCUT2D eigenvalue weighted by Crippen LogP contribution is 2.40. The Morgan fingerprint density at radius 2 is 1.59 bits per heavy atom. The molecule has 0 bridgehead atoms. The SMILES string of the molecule is CCc1ccc(C(=O)CCC(=O)N2CC=C(c3c(OC)cc(OC)cc3OC)CC2)cc1. The van der Waals surface area contributed by atoms with Gasteiger partial charge in [-0.3, -0.25) is 9.59 Å². The Bertz CT molecular complexity index is 969. The highest BCUT2D eigenvalue weighted by Gasteiger charge is 2.23. The van der Waals surface area contributed by atoms with E-state index in [0.29, 0.717) is 42.3 Å². The van der Waals surface area contributed by atoms with Crippen LogP contribution in [-0.2, 0) is 11.2 Å². The molecule has 1 amide bonds. The van der Waals surface area contributed by atoms with Gasteiger partial charge in [0.2, 0.25) is 5.91 Å². The number of carbonyl (C=O) groups is 2. The third-order valence-corrected chi connectivity index (χ3v) is 5.85. The minimum Gasteiger partial charge on any atom is -0.496 e. The zero-order chi connectivity index (χ0) is 23.1. The minimum atomic E-state index is -0.00695. The van der Waals surface area contributed by atoms with Gasteiger partial charge >= 0.3 is 0 Å². The van der Waals surface area contributed by atoms with Crippen LogP contribution in [0.5, 0.6) is 17.2 Å². The second-order valence-corrected chi connectivity index (χ2v) is 7.70. The summed E-state index contributed by atoms with van der Waals surface area (Å²) in [6, 6.07) is 11.3. The Balaban J connectivity index is 1.63. The Morgan fingerprint density at radius 3 is 2.09 bits per heavy atom. The Hall–Kier alpha value is -3.28. The molecule has 0 fully saturated rings. The number of ether oxygens (including phenoxy) is 3. The Kier molecular flexibility index (Phi) is 7.92. The Morgan fingerprint density at radius 1 is 0.938 bits per heavy atom. The van der Waals surface area contributed by atoms with Gasteiger partial charge < -0.3 is 19.1 Å². The van der Waals surface area contributed by atoms with Crippen molar-refractivity contribution in [2.45, 2.75) is 32.6 Å². The summed E-state index contributed by atoms with van der Waals surface area (Å²) < 4.78 is 16.4. The number of Topliss-reactive ketones (excluding diaryl/α,β-unsaturated/α-hetero) is 1. The maximum atomic E-state index is 12.7. The van der Waals surface area contributed by atoms with Crippen LogP contribution < -0.4 is 14.2 Å². The van der Waals surface area contributed by atoms with Crippen molar-refractivity contribution in [3.8, 4) is 17.2 Å². The van der Waals surface area contributed by atoms with Crippen molar-refractivity contribution in [1.82, 2.24) is 4.90 Å². The summed E-state index contributed by atoms with van der Waals surface area (Å²) >= 11 is 0. The summed E-state index contributed by atoms with van der Waals surface area (Å²) in [5.41, 5.74) is 3.80. The molecule has 0 saturated heterocycles. The molecule has 1 heterocycles. The number of aryl methyl sites for hydroxylation is 1. The molecule has 1 aliphatic rings. The maximum absolute atomic E-state index is 12.7. The van der Waals surface area contributed by atoms with E-state index in [1.807, 2.05) is 42.5 Å². The molecule has 0 aliphatic carbocycles. The van der Waals surface area contributed by atoms with E-state index in [0.717, 1.165) is 17.6 Å². The largest absolute Gasteiger partial charge is 0.496 e. The molecule has 1 aliphatic heterocycles. The molecule has 0 radical (unpaired) electrons. The van der Waals surface area contributed by atoms with Crippen LogP contribution >= 0.6 is 0 Å². The predicted molar refractivity (Wildman–Crippen MR) is 125 cm³/mol. The van der Waals surface area contributed by atoms with Gasteiger partial charge in [-0.2, -0.15) is 0 Å². The van der Waals surface area contributed by atoms with Crippen molar-refractivity contribution in [1.29, 1.82) is 0 Å². The van der Waals surface area contributed by atoms with Crippen molar-refractivity contribution in [3.05, 3.63) is 59.2 Å². The monoisotopic (exact) mass is 437 g/mol. The lowest BCUT2D eigenvalue weighted by molar-refractivity contribution is -0.130. The number of benzene rings is 2. The van der Waals surface area contributed by atoms with Gasteiger partial charge in [0.25, 0.3) is 0 Å². The van der Waals surface area contributed by atoms with E-state index < -0.39 is 0 Å². The van der Waals surface area contributed by atoms with E-state index in [1.165, 1.54) is 5.56 Å². The van der Waals surface area contributed by atoms with Crippen molar-refractivity contribution in [2.24, 2.45) is 0 Å². The number of hydrogen-bond acceptors (Lipinski definition) is 5. The minimum absolute atomic E-state index is 0.00180. The third kappa shape index (κ3) is 5.31. The van der Waals surface area contributed by atoms with Crippen LogP contribution in [0.3, 0.4) is 0 Å². The summed E-state index contributed by atoms with van der Waals surface area (Å²) in [5.74, 6) is 2.00. The van der Waals surface area contributed by atoms with Gasteiger partial charge in [0, 0.05) is 43.6 Å². The number of hydrogen-bond donors (Lipinski definition) is 0. The number of ketones is 1. The van der Waals surface area contributed by atoms with Gasteiger partial charge in [-0.25, -0.2) is 0 Å². The molecule has 0 unspecified atom stereocenters. The molecule has 0 N–H and O–H groups in total. The molecule has 6 nitrogen and oxygen atoms in total. The zero-order valence-electron chi connectivity index (χ0n) is 19.3. The van der Waals surface area contributed by atoms with Gasteiger partial charge in [-0.15, -0.1) is 0 Å². The summed E-state index contributed by atoms with van der Waals surface area (Å²) in [6.45, 7) is 3.16. The smallest absolute Gasteiger partial charge is 0.223 e. The molecule has 2 aromatic rings. The second kappa shape index (κ2) is 10.8. The second-order valence-electron chi connectivity index (χ2n) is 7.70. The Labute approximate surface area is 189 Å². The fourth-order valence-electron chi connectivity index (χ4n) is 3.89. The van der Waals surface area contributed by atoms with E-state index in [-0.39, 0.29) is 24.5 Å². The molecular weight excluding hydrogens is 406 g/mol. The quantitative estimate of drug-likeness (QED) is 0.539. The topological polar surface area (TPSA) is 65.1 Å². The first-order valence-electron chi connectivity index (χ1n) is 10.9. The lowest BCUT2D eigenvalue weighted by Crippen LogP contribution is -2.34. The molecule has 2 aromatic carbocycles. The first-order chi connectivity index (χ1) is 15.5. The first kappa shape index (κ1) is 23.4. The molecular formula is C26H31NO5. The van der Waals surface area contributed by atoms with Crippen LogP contribution in [0.25, 0.3) is 5.57 Å². The van der Waals surface area contributed by atoms with Crippen LogP contribution in [0, 0.1) is 0 Å². The molecule has 0 spiro atoms. The number of rotatable bonds is 9. The predicted octanol–water partition coefficient (Wildman–Crippen LogP) is 4.55. The summed E-state index contributed by atoms with van der Waals surface area (Å²) in [6.07, 6.45) is 4.08. The van der Waals surface area contributed by atoms with Gasteiger partial charge in [0.05, 0.1) is 26.9 Å². The normalized spacial score (nSPS) is 13.4. The summed E-state index contributed by atoms with van der Waals surface area (Å²) in [5, 5.41) is 0. The fourth-order valence-corrected chi connectivity index (χ4v) is 3.89. The van der Waals surface area contributed by atoms with Crippen molar-refractivity contribution >= 4 is 17.3 Å². The van der Waals surface area contributed by atoms with Gasteiger partial charge in [0.1, 0.15) is 17.2 Å². The molecule has 0 aromatic heterocycles. The summed E-state index contributed by atoms with van der Waals surface area (Å²) in [7, 11) is 4.83. The van der Waals surface area contributed by atoms with Gasteiger partial charge in [-0.05, 0) is 24.0 Å². The lowest BCUT2D eigenvalue weighted by atomic mass is 9.96. The number of amides is 1. The molecule has 170 valence electrons. The average molecular weight is 438 g/mol. The van der Waals surface area contributed by atoms with E-state index >= 15 is 0 Å². The molecule has 6 heteroatoms. The van der Waals surface area contributed by atoms with Crippen LogP contribution in [-0.4, -0.2) is 51.0 Å². The van der Waals surface area contributed by atoms with Crippen molar-refractivity contribution in [3.63, 3.8) is 0 Å². The highest BCUT2D eigenvalue weighted by molar-refractivity contribution is 5.98. The van der Waals surface area contributed by atoms with Crippen LogP contribution in [0.2, 0.25) is 0 Å². The van der Waals surface area contributed by atoms with Crippen LogP contribution in [0.15, 0.2) is 42.5 Å². The third-order valence-electron chi connectivity index (χ3n) is 5.85. The van der Waals surface area contributed by atoms with Crippen LogP contribution in [0.4, 0.5) is 0 Å². The fraction of sp³-hybridized carbons (Fsp3) is 0.385. The first-order valence-corrected chi connectivity index (χ1v) is 10.9. The summed E-state index contributed by atoms with van der Waals surface area (Å²) in [4.78, 5) is 26.9. The van der Waals surface area contributed by atoms with Crippen molar-refractivity contribution in [2.75, 3.05) is 34.4 Å². The van der Waals surface area contributed by atoms with E-state index in [9.17, 15) is 9.59 Å². The molecule has 3 rings (SSSR count). The number of carbonyl (C=O) groups excluding carboxylic acids is 2. The van der Waals surface area contributed by atoms with E-state index in [4.69, 9.17) is 14.2 Å². The van der Waals surface area contributed by atoms with E-state index in [1.54, 1.807) is 26.2 Å². The average Bonchev–Trinajstić information content (AvgIpc) is 2.86. The molecule has 0 atom stereocenters. The highest BCUT2D eigenvalue weighted by atomic mass is 16.5. The van der Waals surface area contributed by atoms with E-state index in [2.05, 4.69) is 6.92 Å². The van der Waals surface area contributed by atoms with Crippen molar-refractivity contribution < 1.29 is 23.8 Å². The van der Waals surface area contributed by atoms with Crippen LogP contribution in [0.1, 0.15) is 47.7 Å². The zero-order valence-corrected chi connectivity index (χ0v) is 19.3. The lowest BCUT2D eigenvalue weighted by Gasteiger charge is -2.28. The van der Waals surface area contributed by atoms with Gasteiger partial charge in [0.15, 0.2) is 5.78 Å². The van der Waals surface area contributed by atoms with Gasteiger partial charge in [-0.1, -0.05) is 37.3 Å². The molecule has 32 heavy (non-hydrogen) atoms. The number of nitrogens with zero attached hydrogens (tertiary/aromatic N) is 1. The number of methoxy groups -OCH3 is 3. The molecule has 0 saturated carbocycles. The standard InChI is InChI=1S/C26H31NO5/c1-5-18-6-8-19(9-7-18)22(28)10-11-25(29)27-14-12-20(13-15-27)26-23(31-3)16-21(30-2)17-24(26)32-4/h6-9,12,16-17H,5,10-11,13-15H2,1-4H3. The maximum Gasteiger partial charge on any atom is 0.223 e.